The summed E-state index contributed by atoms with van der Waals surface area (Å²) in [4.78, 5) is 24.6. The minimum Gasteiger partial charge on any atom is -0.357 e. The third-order valence-corrected chi connectivity index (χ3v) is 6.62. The molecule has 0 aromatic rings. The van der Waals surface area contributed by atoms with Crippen molar-refractivity contribution in [1.29, 1.82) is 0 Å². The van der Waals surface area contributed by atoms with E-state index < -0.39 is 0 Å². The second-order valence-electron chi connectivity index (χ2n) is 9.32. The molecule has 2 atom stereocenters. The zero-order chi connectivity index (χ0) is 20.6. The summed E-state index contributed by atoms with van der Waals surface area (Å²) in [6, 6.07) is 0.311. The van der Waals surface area contributed by atoms with E-state index in [-0.39, 0.29) is 29.9 Å². The molecule has 3 aliphatic rings. The third kappa shape index (κ3) is 7.82. The number of carbonyl (C=O) groups excluding carboxylic acids is 1. The van der Waals surface area contributed by atoms with Gasteiger partial charge in [0.1, 0.15) is 0 Å². The molecule has 1 aliphatic carbocycles. The van der Waals surface area contributed by atoms with Crippen LogP contribution >= 0.6 is 24.0 Å². The van der Waals surface area contributed by atoms with Gasteiger partial charge < -0.3 is 25.3 Å². The van der Waals surface area contributed by atoms with Gasteiger partial charge in [-0.2, -0.15) is 0 Å². The van der Waals surface area contributed by atoms with Crippen LogP contribution in [0.15, 0.2) is 4.99 Å². The minimum absolute atomic E-state index is 0. The largest absolute Gasteiger partial charge is 0.357 e. The van der Waals surface area contributed by atoms with Gasteiger partial charge in [-0.05, 0) is 39.2 Å². The second-order valence-corrected chi connectivity index (χ2v) is 9.32. The standard InChI is InChI=1S/C22H42N6O.HI/c1-4-23-22(24-15-18(2)16-27-13-11-26(3)12-14-27)25-20-9-10-28(17-20)21(29)19-7-5-6-8-19;/h18-20H,4-17H2,1-3H3,(H2,23,24,25);1H. The summed E-state index contributed by atoms with van der Waals surface area (Å²) in [5.41, 5.74) is 0. The number of carbonyl (C=O) groups is 1. The van der Waals surface area contributed by atoms with Crippen LogP contribution in [-0.4, -0.2) is 98.6 Å². The van der Waals surface area contributed by atoms with Crippen LogP contribution in [0.2, 0.25) is 0 Å². The van der Waals surface area contributed by atoms with Crippen molar-refractivity contribution in [3.8, 4) is 0 Å². The molecule has 2 heterocycles. The van der Waals surface area contributed by atoms with Crippen LogP contribution in [0.3, 0.4) is 0 Å². The first-order valence-electron chi connectivity index (χ1n) is 11.8. The van der Waals surface area contributed by atoms with E-state index in [4.69, 9.17) is 4.99 Å². The Morgan fingerprint density at radius 2 is 1.80 bits per heavy atom. The van der Waals surface area contributed by atoms with E-state index in [9.17, 15) is 4.79 Å². The predicted octanol–water partition coefficient (Wildman–Crippen LogP) is 1.83. The molecule has 1 saturated carbocycles. The van der Waals surface area contributed by atoms with Gasteiger partial charge in [-0.3, -0.25) is 9.79 Å². The molecular weight excluding hydrogens is 491 g/mol. The summed E-state index contributed by atoms with van der Waals surface area (Å²) < 4.78 is 0. The number of nitrogens with one attached hydrogen (secondary N) is 2. The SMILES string of the molecule is CCNC(=NCC(C)CN1CCN(C)CC1)NC1CCN(C(=O)C2CCCC2)C1.I. The van der Waals surface area contributed by atoms with Gasteiger partial charge in [0.2, 0.25) is 5.91 Å². The number of guanidine groups is 1. The molecule has 3 fully saturated rings. The fraction of sp³-hybridized carbons (Fsp3) is 0.909. The number of hydrogen-bond donors (Lipinski definition) is 2. The lowest BCUT2D eigenvalue weighted by Crippen LogP contribution is -2.47. The van der Waals surface area contributed by atoms with Gasteiger partial charge in [0, 0.05) is 70.9 Å². The molecule has 2 saturated heterocycles. The summed E-state index contributed by atoms with van der Waals surface area (Å²) in [5, 5.41) is 6.97. The topological polar surface area (TPSA) is 63.2 Å². The van der Waals surface area contributed by atoms with E-state index in [1.807, 2.05) is 0 Å². The zero-order valence-corrected chi connectivity index (χ0v) is 21.6. The van der Waals surface area contributed by atoms with E-state index >= 15 is 0 Å². The Bertz CT molecular complexity index is 546. The Labute approximate surface area is 200 Å². The average Bonchev–Trinajstić information content (AvgIpc) is 3.40. The Morgan fingerprint density at radius 3 is 2.47 bits per heavy atom. The maximum absolute atomic E-state index is 12.7. The van der Waals surface area contributed by atoms with Crippen LogP contribution in [0, 0.1) is 11.8 Å². The number of nitrogens with zero attached hydrogens (tertiary/aromatic N) is 4. The maximum atomic E-state index is 12.7. The molecular formula is C22H43IN6O. The molecule has 30 heavy (non-hydrogen) atoms. The van der Waals surface area contributed by atoms with Gasteiger partial charge in [-0.25, -0.2) is 0 Å². The predicted molar refractivity (Wildman–Crippen MR) is 135 cm³/mol. The van der Waals surface area contributed by atoms with Gasteiger partial charge in [-0.1, -0.05) is 19.8 Å². The molecule has 3 rings (SSSR count). The van der Waals surface area contributed by atoms with Crippen molar-refractivity contribution < 1.29 is 4.79 Å². The lowest BCUT2D eigenvalue weighted by molar-refractivity contribution is -0.134. The van der Waals surface area contributed by atoms with Crippen molar-refractivity contribution in [3.05, 3.63) is 0 Å². The highest BCUT2D eigenvalue weighted by Crippen LogP contribution is 2.27. The van der Waals surface area contributed by atoms with Crippen molar-refractivity contribution in [1.82, 2.24) is 25.3 Å². The Hall–Kier alpha value is -0.610. The number of hydrogen-bond acceptors (Lipinski definition) is 4. The van der Waals surface area contributed by atoms with Crippen molar-refractivity contribution in [2.75, 3.05) is 66.0 Å². The number of piperazine rings is 1. The summed E-state index contributed by atoms with van der Waals surface area (Å²) in [5.74, 6) is 2.11. The first-order valence-corrected chi connectivity index (χ1v) is 11.8. The smallest absolute Gasteiger partial charge is 0.225 e. The van der Waals surface area contributed by atoms with E-state index in [1.165, 1.54) is 12.8 Å². The molecule has 174 valence electrons. The second kappa shape index (κ2) is 13.1. The number of rotatable bonds is 7. The average molecular weight is 535 g/mol. The van der Waals surface area contributed by atoms with Crippen molar-refractivity contribution >= 4 is 35.8 Å². The lowest BCUT2D eigenvalue weighted by Gasteiger charge is -2.33. The fourth-order valence-corrected chi connectivity index (χ4v) is 4.80. The third-order valence-electron chi connectivity index (χ3n) is 6.62. The van der Waals surface area contributed by atoms with E-state index in [2.05, 4.69) is 46.2 Å². The monoisotopic (exact) mass is 534 g/mol. The number of likely N-dealkylation sites (N-methyl/N-ethyl adjacent to an activating group) is 1. The highest BCUT2D eigenvalue weighted by atomic mass is 127. The van der Waals surface area contributed by atoms with E-state index in [1.54, 1.807) is 0 Å². The molecule has 1 amide bonds. The van der Waals surface area contributed by atoms with E-state index in [0.717, 1.165) is 84.1 Å². The molecule has 0 spiro atoms. The molecule has 2 N–H and O–H groups in total. The van der Waals surface area contributed by atoms with Crippen LogP contribution in [0.5, 0.6) is 0 Å². The summed E-state index contributed by atoms with van der Waals surface area (Å²) >= 11 is 0. The minimum atomic E-state index is 0. The van der Waals surface area contributed by atoms with E-state index in [0.29, 0.717) is 17.9 Å². The van der Waals surface area contributed by atoms with Gasteiger partial charge in [-0.15, -0.1) is 24.0 Å². The van der Waals surface area contributed by atoms with Crippen molar-refractivity contribution in [3.63, 3.8) is 0 Å². The summed E-state index contributed by atoms with van der Waals surface area (Å²) in [6.45, 7) is 13.6. The summed E-state index contributed by atoms with van der Waals surface area (Å²) in [7, 11) is 2.20. The Morgan fingerprint density at radius 1 is 1.10 bits per heavy atom. The van der Waals surface area contributed by atoms with Gasteiger partial charge >= 0.3 is 0 Å². The fourth-order valence-electron chi connectivity index (χ4n) is 4.80. The molecule has 2 unspecified atom stereocenters. The van der Waals surface area contributed by atoms with Crippen LogP contribution in [0.25, 0.3) is 0 Å². The van der Waals surface area contributed by atoms with Crippen molar-refractivity contribution in [2.24, 2.45) is 16.8 Å². The highest BCUT2D eigenvalue weighted by Gasteiger charge is 2.32. The number of aliphatic imine (C=N–C) groups is 1. The number of amides is 1. The molecule has 0 bridgehead atoms. The maximum Gasteiger partial charge on any atom is 0.225 e. The quantitative estimate of drug-likeness (QED) is 0.297. The van der Waals surface area contributed by atoms with Crippen LogP contribution < -0.4 is 10.6 Å². The number of likely N-dealkylation sites (tertiary alicyclic amines) is 1. The van der Waals surface area contributed by atoms with Crippen LogP contribution in [0.1, 0.15) is 46.0 Å². The molecule has 8 heteroatoms. The van der Waals surface area contributed by atoms with Crippen LogP contribution in [0.4, 0.5) is 0 Å². The van der Waals surface area contributed by atoms with Crippen LogP contribution in [-0.2, 0) is 4.79 Å². The molecule has 7 nitrogen and oxygen atoms in total. The zero-order valence-electron chi connectivity index (χ0n) is 19.2. The Kier molecular flexibility index (Phi) is 11.2. The molecule has 0 aromatic carbocycles. The van der Waals surface area contributed by atoms with Crippen molar-refractivity contribution in [2.45, 2.75) is 52.0 Å². The normalized spacial score (nSPS) is 25.2. The number of halogens is 1. The lowest BCUT2D eigenvalue weighted by atomic mass is 10.1. The first kappa shape index (κ1) is 25.6. The van der Waals surface area contributed by atoms with Gasteiger partial charge in [0.25, 0.3) is 0 Å². The molecule has 2 aliphatic heterocycles. The highest BCUT2D eigenvalue weighted by molar-refractivity contribution is 14.0. The molecule has 0 aromatic heterocycles. The molecule has 0 radical (unpaired) electrons. The first-order chi connectivity index (χ1) is 14.0. The Balaban J connectivity index is 0.00000320. The van der Waals surface area contributed by atoms with Gasteiger partial charge in [0.05, 0.1) is 0 Å². The van der Waals surface area contributed by atoms with Gasteiger partial charge in [0.15, 0.2) is 5.96 Å². The summed E-state index contributed by atoms with van der Waals surface area (Å²) in [6.07, 6.45) is 5.62.